The molecule has 2 atom stereocenters. The van der Waals surface area contributed by atoms with Crippen LogP contribution in [-0.4, -0.2) is 16.7 Å². The third-order valence-electron chi connectivity index (χ3n) is 4.13. The first-order valence-corrected chi connectivity index (χ1v) is 6.72. The van der Waals surface area contributed by atoms with Crippen molar-refractivity contribution >= 4 is 10.9 Å². The SMILES string of the molecule is Cc1cc(C)c2cc3c(cc2n1)[C@H]1O[C@H]1C(C)(C)O3. The van der Waals surface area contributed by atoms with Crippen LogP contribution < -0.4 is 4.74 Å². The summed E-state index contributed by atoms with van der Waals surface area (Å²) >= 11 is 0. The van der Waals surface area contributed by atoms with E-state index in [2.05, 4.69) is 44.0 Å². The minimum absolute atomic E-state index is 0.184. The zero-order chi connectivity index (χ0) is 13.4. The Hall–Kier alpha value is -1.61. The minimum Gasteiger partial charge on any atom is -0.485 e. The fraction of sp³-hybridized carbons (Fsp3) is 0.438. The highest BCUT2D eigenvalue weighted by Gasteiger charge is 2.56. The summed E-state index contributed by atoms with van der Waals surface area (Å²) in [5.41, 5.74) is 4.24. The first kappa shape index (κ1) is 11.2. The quantitative estimate of drug-likeness (QED) is 0.676. The van der Waals surface area contributed by atoms with Gasteiger partial charge in [0.05, 0.1) is 5.52 Å². The zero-order valence-electron chi connectivity index (χ0n) is 11.7. The normalized spacial score (nSPS) is 26.5. The molecule has 1 saturated heterocycles. The number of rotatable bonds is 0. The van der Waals surface area contributed by atoms with Gasteiger partial charge in [0.2, 0.25) is 0 Å². The van der Waals surface area contributed by atoms with E-state index in [-0.39, 0.29) is 17.8 Å². The standard InChI is InChI=1S/C16H17NO2/c1-8-5-9(2)17-12-6-11-13(7-10(8)12)19-16(3,4)15-14(11)18-15/h5-7,14-15H,1-4H3/t14-,15-/m1/s1. The highest BCUT2D eigenvalue weighted by atomic mass is 16.6. The Bertz CT molecular complexity index is 705. The van der Waals surface area contributed by atoms with E-state index in [4.69, 9.17) is 9.47 Å². The topological polar surface area (TPSA) is 34.7 Å². The van der Waals surface area contributed by atoms with Gasteiger partial charge in [-0.3, -0.25) is 4.98 Å². The van der Waals surface area contributed by atoms with Gasteiger partial charge < -0.3 is 9.47 Å². The van der Waals surface area contributed by atoms with Crippen molar-refractivity contribution in [2.45, 2.75) is 45.5 Å². The second-order valence-electron chi connectivity index (χ2n) is 6.17. The van der Waals surface area contributed by atoms with Crippen LogP contribution in [0.15, 0.2) is 18.2 Å². The molecular formula is C16H17NO2. The molecule has 0 unspecified atom stereocenters. The molecule has 2 aromatic rings. The van der Waals surface area contributed by atoms with Crippen LogP contribution in [0.5, 0.6) is 5.75 Å². The van der Waals surface area contributed by atoms with Crippen LogP contribution in [0, 0.1) is 13.8 Å². The van der Waals surface area contributed by atoms with Crippen molar-refractivity contribution in [2.24, 2.45) is 0 Å². The number of aromatic nitrogens is 1. The maximum Gasteiger partial charge on any atom is 0.132 e. The summed E-state index contributed by atoms with van der Waals surface area (Å²) in [7, 11) is 0. The lowest BCUT2D eigenvalue weighted by atomic mass is 9.93. The number of ether oxygens (including phenoxy) is 2. The number of hydrogen-bond donors (Lipinski definition) is 0. The molecule has 3 nitrogen and oxygen atoms in total. The van der Waals surface area contributed by atoms with Crippen LogP contribution in [0.4, 0.5) is 0 Å². The Kier molecular flexibility index (Phi) is 1.94. The average molecular weight is 255 g/mol. The summed E-state index contributed by atoms with van der Waals surface area (Å²) in [5.74, 6) is 0.949. The summed E-state index contributed by atoms with van der Waals surface area (Å²) in [5, 5.41) is 1.17. The number of aryl methyl sites for hydroxylation is 2. The molecule has 0 amide bonds. The lowest BCUT2D eigenvalue weighted by Crippen LogP contribution is -2.37. The molecule has 1 fully saturated rings. The summed E-state index contributed by atoms with van der Waals surface area (Å²) in [6, 6.07) is 6.36. The molecule has 4 rings (SSSR count). The van der Waals surface area contributed by atoms with Crippen molar-refractivity contribution in [3.8, 4) is 5.75 Å². The van der Waals surface area contributed by atoms with Crippen LogP contribution in [0.2, 0.25) is 0 Å². The average Bonchev–Trinajstić information content (AvgIpc) is 3.08. The maximum absolute atomic E-state index is 6.11. The summed E-state index contributed by atoms with van der Waals surface area (Å²) in [4.78, 5) is 4.62. The number of pyridine rings is 1. The van der Waals surface area contributed by atoms with E-state index in [1.807, 2.05) is 6.92 Å². The molecule has 2 aliphatic rings. The first-order chi connectivity index (χ1) is 8.95. The molecule has 0 bridgehead atoms. The van der Waals surface area contributed by atoms with E-state index in [1.54, 1.807) is 0 Å². The highest BCUT2D eigenvalue weighted by Crippen LogP contribution is 2.54. The molecule has 0 radical (unpaired) electrons. The minimum atomic E-state index is -0.239. The van der Waals surface area contributed by atoms with Gasteiger partial charge in [-0.1, -0.05) is 0 Å². The van der Waals surface area contributed by atoms with Gasteiger partial charge >= 0.3 is 0 Å². The van der Waals surface area contributed by atoms with E-state index >= 15 is 0 Å². The van der Waals surface area contributed by atoms with Gasteiger partial charge in [0.15, 0.2) is 0 Å². The Morgan fingerprint density at radius 1 is 1.16 bits per heavy atom. The lowest BCUT2D eigenvalue weighted by Gasteiger charge is -2.29. The summed E-state index contributed by atoms with van der Waals surface area (Å²) in [6.07, 6.45) is 0.370. The molecule has 0 N–H and O–H groups in total. The fourth-order valence-electron chi connectivity index (χ4n) is 3.14. The van der Waals surface area contributed by atoms with Gasteiger partial charge in [-0.05, 0) is 51.5 Å². The Balaban J connectivity index is 1.98. The van der Waals surface area contributed by atoms with Crippen molar-refractivity contribution in [2.75, 3.05) is 0 Å². The number of epoxide rings is 1. The lowest BCUT2D eigenvalue weighted by molar-refractivity contribution is 0.0727. The summed E-state index contributed by atoms with van der Waals surface area (Å²) in [6.45, 7) is 8.33. The predicted octanol–water partition coefficient (Wildman–Crippen LogP) is 3.46. The van der Waals surface area contributed by atoms with Crippen LogP contribution in [0.1, 0.15) is 36.8 Å². The van der Waals surface area contributed by atoms with Crippen molar-refractivity contribution in [3.63, 3.8) is 0 Å². The summed E-state index contributed by atoms with van der Waals surface area (Å²) < 4.78 is 11.9. The molecule has 2 aliphatic heterocycles. The van der Waals surface area contributed by atoms with Crippen LogP contribution in [-0.2, 0) is 4.74 Å². The van der Waals surface area contributed by atoms with Gasteiger partial charge in [0.25, 0.3) is 0 Å². The van der Waals surface area contributed by atoms with E-state index in [0.717, 1.165) is 22.5 Å². The third kappa shape index (κ3) is 1.51. The Morgan fingerprint density at radius 3 is 2.74 bits per heavy atom. The van der Waals surface area contributed by atoms with Crippen LogP contribution >= 0.6 is 0 Å². The third-order valence-corrected chi connectivity index (χ3v) is 4.13. The van der Waals surface area contributed by atoms with E-state index in [9.17, 15) is 0 Å². The number of benzene rings is 1. The van der Waals surface area contributed by atoms with E-state index < -0.39 is 0 Å². The Labute approximate surface area is 112 Å². The van der Waals surface area contributed by atoms with Crippen molar-refractivity contribution in [1.29, 1.82) is 0 Å². The molecule has 0 aliphatic carbocycles. The zero-order valence-corrected chi connectivity index (χ0v) is 11.7. The molecule has 3 heteroatoms. The van der Waals surface area contributed by atoms with Crippen molar-refractivity contribution in [3.05, 3.63) is 35.0 Å². The van der Waals surface area contributed by atoms with Crippen molar-refractivity contribution < 1.29 is 9.47 Å². The fourth-order valence-corrected chi connectivity index (χ4v) is 3.14. The number of nitrogens with zero attached hydrogens (tertiary/aromatic N) is 1. The van der Waals surface area contributed by atoms with Gasteiger partial charge in [-0.25, -0.2) is 0 Å². The van der Waals surface area contributed by atoms with Gasteiger partial charge in [-0.2, -0.15) is 0 Å². The molecule has 1 aromatic heterocycles. The molecule has 0 spiro atoms. The molecular weight excluding hydrogens is 238 g/mol. The van der Waals surface area contributed by atoms with Crippen molar-refractivity contribution in [1.82, 2.24) is 4.98 Å². The Morgan fingerprint density at radius 2 is 1.95 bits per heavy atom. The molecule has 3 heterocycles. The van der Waals surface area contributed by atoms with Crippen LogP contribution in [0.25, 0.3) is 10.9 Å². The first-order valence-electron chi connectivity index (χ1n) is 6.72. The second kappa shape index (κ2) is 3.28. The maximum atomic E-state index is 6.11. The monoisotopic (exact) mass is 255 g/mol. The molecule has 19 heavy (non-hydrogen) atoms. The van der Waals surface area contributed by atoms with Gasteiger partial charge in [0, 0.05) is 16.6 Å². The van der Waals surface area contributed by atoms with Gasteiger partial charge in [0.1, 0.15) is 23.6 Å². The molecule has 0 saturated carbocycles. The largest absolute Gasteiger partial charge is 0.485 e. The van der Waals surface area contributed by atoms with E-state index in [0.29, 0.717) is 0 Å². The molecule has 1 aromatic carbocycles. The second-order valence-corrected chi connectivity index (χ2v) is 6.17. The highest BCUT2D eigenvalue weighted by molar-refractivity contribution is 5.85. The van der Waals surface area contributed by atoms with E-state index in [1.165, 1.54) is 10.9 Å². The number of hydrogen-bond acceptors (Lipinski definition) is 3. The van der Waals surface area contributed by atoms with Crippen LogP contribution in [0.3, 0.4) is 0 Å². The predicted molar refractivity (Wildman–Crippen MR) is 73.5 cm³/mol. The molecule has 98 valence electrons. The smallest absolute Gasteiger partial charge is 0.132 e. The van der Waals surface area contributed by atoms with Gasteiger partial charge in [-0.15, -0.1) is 0 Å². The number of fused-ring (bicyclic) bond motifs is 4.